The summed E-state index contributed by atoms with van der Waals surface area (Å²) in [6.07, 6.45) is 3.52. The van der Waals surface area contributed by atoms with Gasteiger partial charge in [-0.3, -0.25) is 9.13 Å². The monoisotopic (exact) mass is 1040 g/mol. The second kappa shape index (κ2) is 20.5. The second-order valence-electron chi connectivity index (χ2n) is 26.2. The van der Waals surface area contributed by atoms with Crippen molar-refractivity contribution in [2.24, 2.45) is 0 Å². The molecule has 0 aliphatic carbocycles. The summed E-state index contributed by atoms with van der Waals surface area (Å²) in [7, 11) is 0. The summed E-state index contributed by atoms with van der Waals surface area (Å²) in [6.45, 7) is 38.4. The van der Waals surface area contributed by atoms with Crippen molar-refractivity contribution < 1.29 is 5.11 Å². The normalized spacial score (nSPS) is 12.6. The Morgan fingerprint density at radius 3 is 1.38 bits per heavy atom. The maximum Gasteiger partial charge on any atom is 0.198 e. The number of imidazole rings is 2. The highest BCUT2D eigenvalue weighted by atomic mass is 16.3. The maximum atomic E-state index is 12.9. The van der Waals surface area contributed by atoms with Crippen LogP contribution in [0.2, 0.25) is 0 Å². The number of hydrogen-bond acceptors (Lipinski definition) is 5. The molecule has 0 bridgehead atoms. The van der Waals surface area contributed by atoms with Crippen molar-refractivity contribution in [1.29, 1.82) is 0 Å². The number of aromatic hydroxyl groups is 1. The third kappa shape index (κ3) is 10.2. The molecule has 0 spiro atoms. The second-order valence-corrected chi connectivity index (χ2v) is 26.2. The Bertz CT molecular complexity index is 3850. The molecule has 7 heteroatoms. The van der Waals surface area contributed by atoms with Gasteiger partial charge in [0.2, 0.25) is 0 Å². The van der Waals surface area contributed by atoms with E-state index < -0.39 is 0 Å². The fraction of sp³-hybridized carbons (Fsp3) is 0.333. The Kier molecular flexibility index (Phi) is 14.2. The molecule has 0 unspecified atom stereocenters. The smallest absolute Gasteiger partial charge is 0.198 e. The SMILES string of the molecule is CC(C)c1cc(-c2ccccc2)cc(C(C)C)c1-n1c(-c2cc(C(C)(C)C)cc(C(C)(C)C)c2O)nc2c(-c3cc(-c4nc5nccnc5n4-c4c(C(C)C)cc(-c5ccccc5)cc4C(C)C)cc(C(C)(C)C)c3)cccc21. The van der Waals surface area contributed by atoms with Crippen LogP contribution < -0.4 is 0 Å². The van der Waals surface area contributed by atoms with Crippen molar-refractivity contribution >= 4 is 22.3 Å². The van der Waals surface area contributed by atoms with Gasteiger partial charge in [-0.25, -0.2) is 19.9 Å². The lowest BCUT2D eigenvalue weighted by atomic mass is 9.78. The number of aromatic nitrogens is 6. The van der Waals surface area contributed by atoms with E-state index in [0.717, 1.165) is 61.6 Å². The van der Waals surface area contributed by atoms with Crippen LogP contribution in [-0.4, -0.2) is 34.2 Å². The van der Waals surface area contributed by atoms with Crippen LogP contribution in [0.1, 0.15) is 180 Å². The van der Waals surface area contributed by atoms with Crippen molar-refractivity contribution in [2.45, 2.75) is 158 Å². The number of rotatable bonds is 11. The van der Waals surface area contributed by atoms with Crippen LogP contribution in [0.25, 0.3) is 89.9 Å². The highest BCUT2D eigenvalue weighted by Crippen LogP contribution is 2.48. The largest absolute Gasteiger partial charge is 0.507 e. The lowest BCUT2D eigenvalue weighted by Crippen LogP contribution is -2.17. The number of phenolic OH excluding ortho intramolecular Hbond substituents is 1. The molecule has 7 aromatic carbocycles. The molecule has 0 aliphatic heterocycles. The molecule has 0 saturated heterocycles. The first kappa shape index (κ1) is 54.7. The number of hydrogen-bond donors (Lipinski definition) is 1. The Morgan fingerprint density at radius 2 is 0.886 bits per heavy atom. The lowest BCUT2D eigenvalue weighted by Gasteiger charge is -2.28. The van der Waals surface area contributed by atoms with E-state index in [1.54, 1.807) is 12.4 Å². The van der Waals surface area contributed by atoms with E-state index in [9.17, 15) is 5.11 Å². The van der Waals surface area contributed by atoms with Crippen molar-refractivity contribution in [3.05, 3.63) is 185 Å². The zero-order valence-electron chi connectivity index (χ0n) is 49.8. The van der Waals surface area contributed by atoms with Crippen molar-refractivity contribution in [1.82, 2.24) is 29.1 Å². The van der Waals surface area contributed by atoms with Gasteiger partial charge in [-0.2, -0.15) is 0 Å². The third-order valence-corrected chi connectivity index (χ3v) is 15.9. The van der Waals surface area contributed by atoms with Gasteiger partial charge in [0, 0.05) is 29.1 Å². The predicted octanol–water partition coefficient (Wildman–Crippen LogP) is 19.6. The Hall–Kier alpha value is -7.64. The zero-order valence-corrected chi connectivity index (χ0v) is 49.8. The Balaban J connectivity index is 1.31. The summed E-state index contributed by atoms with van der Waals surface area (Å²) >= 11 is 0. The Morgan fingerprint density at radius 1 is 0.405 bits per heavy atom. The van der Waals surface area contributed by atoms with Gasteiger partial charge in [0.1, 0.15) is 17.4 Å². The molecule has 1 N–H and O–H groups in total. The molecule has 10 rings (SSSR count). The molecule has 404 valence electrons. The van der Waals surface area contributed by atoms with E-state index in [4.69, 9.17) is 19.9 Å². The van der Waals surface area contributed by atoms with E-state index in [-0.39, 0.29) is 45.7 Å². The summed E-state index contributed by atoms with van der Waals surface area (Å²) in [5, 5.41) is 12.9. The van der Waals surface area contributed by atoms with E-state index in [1.165, 1.54) is 44.5 Å². The van der Waals surface area contributed by atoms with Crippen LogP contribution in [0.5, 0.6) is 5.75 Å². The van der Waals surface area contributed by atoms with Crippen LogP contribution in [-0.2, 0) is 16.2 Å². The van der Waals surface area contributed by atoms with Gasteiger partial charge in [0.15, 0.2) is 11.3 Å². The number of para-hydroxylation sites is 1. The highest BCUT2D eigenvalue weighted by Gasteiger charge is 2.32. The highest BCUT2D eigenvalue weighted by molar-refractivity contribution is 5.98. The van der Waals surface area contributed by atoms with Gasteiger partial charge >= 0.3 is 0 Å². The molecule has 7 nitrogen and oxygen atoms in total. The molecule has 0 aliphatic rings. The van der Waals surface area contributed by atoms with Crippen molar-refractivity contribution in [3.8, 4) is 73.3 Å². The molecule has 0 atom stereocenters. The molecule has 79 heavy (non-hydrogen) atoms. The third-order valence-electron chi connectivity index (χ3n) is 15.9. The van der Waals surface area contributed by atoms with E-state index in [2.05, 4.69) is 260 Å². The van der Waals surface area contributed by atoms with E-state index in [1.807, 2.05) is 0 Å². The van der Waals surface area contributed by atoms with E-state index in [0.29, 0.717) is 22.7 Å². The van der Waals surface area contributed by atoms with Crippen LogP contribution >= 0.6 is 0 Å². The number of benzene rings is 7. The number of fused-ring (bicyclic) bond motifs is 2. The minimum atomic E-state index is -0.354. The fourth-order valence-electron chi connectivity index (χ4n) is 11.3. The molecular formula is C72H80N6O. The van der Waals surface area contributed by atoms with Gasteiger partial charge in [-0.05, 0) is 150 Å². The molecule has 3 aromatic heterocycles. The summed E-state index contributed by atoms with van der Waals surface area (Å²) in [6, 6.07) is 48.9. The zero-order chi connectivity index (χ0) is 56.6. The molecule has 0 amide bonds. The van der Waals surface area contributed by atoms with Crippen LogP contribution in [0, 0.1) is 0 Å². The summed E-state index contributed by atoms with van der Waals surface area (Å²) in [5.41, 5.74) is 21.0. The molecular weight excluding hydrogens is 965 g/mol. The molecule has 3 heterocycles. The number of nitrogens with zero attached hydrogens (tertiary/aromatic N) is 6. The predicted molar refractivity (Wildman–Crippen MR) is 333 cm³/mol. The van der Waals surface area contributed by atoms with Crippen LogP contribution in [0.15, 0.2) is 146 Å². The van der Waals surface area contributed by atoms with Crippen molar-refractivity contribution in [3.63, 3.8) is 0 Å². The quantitative estimate of drug-likeness (QED) is 0.140. The van der Waals surface area contributed by atoms with Gasteiger partial charge in [-0.1, -0.05) is 203 Å². The molecule has 0 radical (unpaired) electrons. The summed E-state index contributed by atoms with van der Waals surface area (Å²) in [4.78, 5) is 21.3. The van der Waals surface area contributed by atoms with Gasteiger partial charge in [0.05, 0.1) is 28.0 Å². The average molecular weight is 1050 g/mol. The van der Waals surface area contributed by atoms with Crippen molar-refractivity contribution in [2.75, 3.05) is 0 Å². The fourth-order valence-corrected chi connectivity index (χ4v) is 11.3. The van der Waals surface area contributed by atoms with Gasteiger partial charge in [0.25, 0.3) is 0 Å². The summed E-state index contributed by atoms with van der Waals surface area (Å²) < 4.78 is 4.68. The molecule has 0 saturated carbocycles. The molecule has 0 fully saturated rings. The van der Waals surface area contributed by atoms with Gasteiger partial charge in [-0.15, -0.1) is 0 Å². The standard InChI is InChI=1S/C72H80N6O/c1-42(2)55-36-48(46-25-20-18-21-26-46)37-56(43(3)4)63(55)77-61-30-24-29-54(62(61)75-68(77)59-40-53(71(12,13)14)41-60(65(59)79)72(15,16)17)50-33-51(35-52(34-50)70(9,10)11)67-76-66-69(74-32-31-73-66)78(67)64-57(44(5)6)38-49(39-58(64)45(7)8)47-27-22-19-23-28-47/h18-45,79H,1-17H3. The minimum Gasteiger partial charge on any atom is -0.507 e. The number of phenols is 1. The molecule has 10 aromatic rings. The lowest BCUT2D eigenvalue weighted by molar-refractivity contribution is 0.446. The first-order valence-electron chi connectivity index (χ1n) is 28.5. The first-order valence-corrected chi connectivity index (χ1v) is 28.5. The van der Waals surface area contributed by atoms with Crippen LogP contribution in [0.3, 0.4) is 0 Å². The van der Waals surface area contributed by atoms with E-state index >= 15 is 0 Å². The van der Waals surface area contributed by atoms with Crippen LogP contribution in [0.4, 0.5) is 0 Å². The summed E-state index contributed by atoms with van der Waals surface area (Å²) in [5.74, 6) is 2.42. The van der Waals surface area contributed by atoms with Gasteiger partial charge < -0.3 is 5.11 Å². The minimum absolute atomic E-state index is 0.153. The Labute approximate surface area is 469 Å². The maximum absolute atomic E-state index is 12.9. The average Bonchev–Trinajstić information content (AvgIpc) is 4.22. The topological polar surface area (TPSA) is 81.7 Å². The first-order chi connectivity index (χ1) is 37.3.